The van der Waals surface area contributed by atoms with Crippen molar-refractivity contribution in [3.05, 3.63) is 71.8 Å². The van der Waals surface area contributed by atoms with Crippen LogP contribution in [0.2, 0.25) is 0 Å². The fraction of sp³-hybridized carbons (Fsp3) is 0.409. The van der Waals surface area contributed by atoms with Crippen molar-refractivity contribution >= 4 is 16.0 Å². The maximum atomic E-state index is 12.8. The van der Waals surface area contributed by atoms with Crippen LogP contribution in [-0.2, 0) is 33.2 Å². The van der Waals surface area contributed by atoms with Crippen molar-refractivity contribution < 1.29 is 36.3 Å². The molecule has 0 saturated carbocycles. The Labute approximate surface area is 186 Å². The summed E-state index contributed by atoms with van der Waals surface area (Å²) in [7, 11) is -2.50. The Bertz CT molecular complexity index is 1020. The molecule has 2 aromatic carbocycles. The van der Waals surface area contributed by atoms with E-state index >= 15 is 0 Å². The predicted molar refractivity (Wildman–Crippen MR) is 113 cm³/mol. The minimum absolute atomic E-state index is 0.132. The van der Waals surface area contributed by atoms with Gasteiger partial charge in [-0.15, -0.1) is 0 Å². The van der Waals surface area contributed by atoms with Gasteiger partial charge in [-0.05, 0) is 12.1 Å². The highest BCUT2D eigenvalue weighted by atomic mass is 32.2. The van der Waals surface area contributed by atoms with E-state index in [1.165, 1.54) is 7.11 Å². The van der Waals surface area contributed by atoms with E-state index in [-0.39, 0.29) is 6.61 Å². The van der Waals surface area contributed by atoms with E-state index < -0.39 is 53.0 Å². The summed E-state index contributed by atoms with van der Waals surface area (Å²) < 4.78 is 52.9. The largest absolute Gasteiger partial charge is 0.354 e. The van der Waals surface area contributed by atoms with Crippen LogP contribution in [0.4, 0.5) is 0 Å². The number of nitrogens with one attached hydrogen (secondary N) is 1. The summed E-state index contributed by atoms with van der Waals surface area (Å²) in [4.78, 5) is 12.8. The van der Waals surface area contributed by atoms with Gasteiger partial charge in [-0.1, -0.05) is 48.5 Å². The fourth-order valence-corrected chi connectivity index (χ4v) is 4.48. The Morgan fingerprint density at radius 3 is 2.31 bits per heavy atom. The van der Waals surface area contributed by atoms with Gasteiger partial charge in [0.05, 0.1) is 12.9 Å². The Hall–Kier alpha value is -2.34. The lowest BCUT2D eigenvalue weighted by Gasteiger charge is -2.48. The van der Waals surface area contributed by atoms with Gasteiger partial charge in [-0.3, -0.25) is 8.98 Å². The number of carbonyl (C=O) groups is 1. The molecule has 2 aliphatic rings. The number of methoxy groups -OCH3 is 1. The summed E-state index contributed by atoms with van der Waals surface area (Å²) in [6, 6.07) is 16.8. The van der Waals surface area contributed by atoms with E-state index in [0.717, 1.165) is 11.8 Å². The number of carbonyl (C=O) groups excluding carboxylic acids is 1. The lowest BCUT2D eigenvalue weighted by atomic mass is 9.95. The molecule has 0 unspecified atom stereocenters. The summed E-state index contributed by atoms with van der Waals surface area (Å²) in [6.07, 6.45) is -3.36. The van der Waals surface area contributed by atoms with Crippen LogP contribution < -0.4 is 5.32 Å². The lowest BCUT2D eigenvalue weighted by Crippen LogP contribution is -2.67. The van der Waals surface area contributed by atoms with Crippen molar-refractivity contribution in [1.82, 2.24) is 5.32 Å². The third-order valence-corrected chi connectivity index (χ3v) is 5.83. The molecule has 0 bridgehead atoms. The van der Waals surface area contributed by atoms with Crippen molar-refractivity contribution in [3.63, 3.8) is 0 Å². The normalized spacial score (nSPS) is 30.3. The Morgan fingerprint density at radius 2 is 1.69 bits per heavy atom. The Kier molecular flexibility index (Phi) is 6.89. The van der Waals surface area contributed by atoms with Gasteiger partial charge in [0.2, 0.25) is 0 Å². The van der Waals surface area contributed by atoms with Crippen molar-refractivity contribution in [2.24, 2.45) is 0 Å². The van der Waals surface area contributed by atoms with Crippen molar-refractivity contribution in [2.75, 3.05) is 20.0 Å². The number of ether oxygens (including phenoxy) is 4. The van der Waals surface area contributed by atoms with Crippen LogP contribution in [0.3, 0.4) is 0 Å². The summed E-state index contributed by atoms with van der Waals surface area (Å²) in [5, 5.41) is 2.80. The number of fused-ring (bicyclic) bond motifs is 1. The first-order valence-electron chi connectivity index (χ1n) is 10.1. The topological polar surface area (TPSA) is 109 Å². The molecule has 0 aliphatic carbocycles. The summed E-state index contributed by atoms with van der Waals surface area (Å²) in [5.41, 5.74) is 1.17. The molecule has 1 N–H and O–H groups in total. The van der Waals surface area contributed by atoms with Gasteiger partial charge in [-0.2, -0.15) is 8.42 Å². The maximum Gasteiger partial charge on any atom is 0.264 e. The van der Waals surface area contributed by atoms with Crippen LogP contribution >= 0.6 is 0 Å². The minimum atomic E-state index is -3.90. The summed E-state index contributed by atoms with van der Waals surface area (Å²) in [6.45, 7) is 0.132. The molecular weight excluding hydrogens is 438 g/mol. The quantitative estimate of drug-likeness (QED) is 0.644. The average molecular weight is 464 g/mol. The minimum Gasteiger partial charge on any atom is -0.354 e. The first-order valence-corrected chi connectivity index (χ1v) is 11.9. The molecule has 0 spiro atoms. The van der Waals surface area contributed by atoms with Crippen LogP contribution in [0.15, 0.2) is 60.7 Å². The van der Waals surface area contributed by atoms with Gasteiger partial charge in [0.25, 0.3) is 16.0 Å². The molecule has 0 aromatic heterocycles. The number of rotatable bonds is 6. The molecule has 2 aliphatic heterocycles. The number of amides is 1. The third-order valence-electron chi connectivity index (χ3n) is 5.26. The van der Waals surface area contributed by atoms with E-state index in [9.17, 15) is 13.2 Å². The number of hydrogen-bond donors (Lipinski definition) is 1. The molecule has 10 heteroatoms. The second-order valence-corrected chi connectivity index (χ2v) is 9.19. The van der Waals surface area contributed by atoms with E-state index in [2.05, 4.69) is 5.32 Å². The Balaban J connectivity index is 1.63. The van der Waals surface area contributed by atoms with Gasteiger partial charge in [0.1, 0.15) is 24.4 Å². The zero-order valence-electron chi connectivity index (χ0n) is 17.6. The van der Waals surface area contributed by atoms with Gasteiger partial charge in [0, 0.05) is 18.2 Å². The van der Waals surface area contributed by atoms with Crippen LogP contribution in [0, 0.1) is 0 Å². The van der Waals surface area contributed by atoms with Gasteiger partial charge < -0.3 is 24.3 Å². The molecule has 32 heavy (non-hydrogen) atoms. The molecule has 6 atom stereocenters. The number of benzene rings is 2. The lowest BCUT2D eigenvalue weighted by molar-refractivity contribution is -0.337. The van der Waals surface area contributed by atoms with Crippen LogP contribution in [0.25, 0.3) is 0 Å². The smallest absolute Gasteiger partial charge is 0.264 e. The molecule has 172 valence electrons. The molecule has 2 saturated heterocycles. The van der Waals surface area contributed by atoms with Crippen LogP contribution in [0.1, 0.15) is 22.2 Å². The van der Waals surface area contributed by atoms with Gasteiger partial charge >= 0.3 is 0 Å². The summed E-state index contributed by atoms with van der Waals surface area (Å²) in [5.74, 6) is -0.423. The van der Waals surface area contributed by atoms with Gasteiger partial charge in [0.15, 0.2) is 12.6 Å². The first-order chi connectivity index (χ1) is 15.4. The molecule has 2 aromatic rings. The molecule has 2 fully saturated rings. The zero-order chi connectivity index (χ0) is 22.7. The van der Waals surface area contributed by atoms with E-state index in [0.29, 0.717) is 5.56 Å². The molecular formula is C22H25NO8S. The van der Waals surface area contributed by atoms with Crippen molar-refractivity contribution in [1.29, 1.82) is 0 Å². The van der Waals surface area contributed by atoms with Crippen LogP contribution in [-0.4, -0.2) is 64.9 Å². The molecule has 1 amide bonds. The molecule has 9 nitrogen and oxygen atoms in total. The predicted octanol–water partition coefficient (Wildman–Crippen LogP) is 1.62. The highest BCUT2D eigenvalue weighted by Crippen LogP contribution is 2.36. The number of hydrogen-bond acceptors (Lipinski definition) is 8. The molecule has 0 radical (unpaired) electrons. The SMILES string of the molecule is CO[C@H]1O[C@@H]2CO[C@@H](c3ccccc3)O[C@H]2[C@H](OS(C)(=O)=O)[C@@H]1NC(=O)c1ccccc1. The highest BCUT2D eigenvalue weighted by Gasteiger charge is 2.52. The van der Waals surface area contributed by atoms with Crippen molar-refractivity contribution in [2.45, 2.75) is 36.9 Å². The van der Waals surface area contributed by atoms with Crippen LogP contribution in [0.5, 0.6) is 0 Å². The second-order valence-electron chi connectivity index (χ2n) is 7.59. The monoisotopic (exact) mass is 463 g/mol. The second kappa shape index (κ2) is 9.65. The standard InChI is InChI=1S/C22H25NO8S/c1-27-22-17(23-20(24)14-9-5-3-6-10-14)19(31-32(2,25)26)18-16(29-22)13-28-21(30-18)15-11-7-4-8-12-15/h3-12,16-19,21-22H,13H2,1-2H3,(H,23,24)/t16-,17+,18-,19-,21-,22+/m1/s1. The van der Waals surface area contributed by atoms with E-state index in [4.69, 9.17) is 23.1 Å². The maximum absolute atomic E-state index is 12.8. The molecule has 2 heterocycles. The van der Waals surface area contributed by atoms with Crippen molar-refractivity contribution in [3.8, 4) is 0 Å². The third kappa shape index (κ3) is 5.17. The van der Waals surface area contributed by atoms with E-state index in [1.54, 1.807) is 30.3 Å². The fourth-order valence-electron chi connectivity index (χ4n) is 3.85. The first kappa shape index (κ1) is 22.8. The summed E-state index contributed by atoms with van der Waals surface area (Å²) >= 11 is 0. The average Bonchev–Trinajstić information content (AvgIpc) is 2.80. The van der Waals surface area contributed by atoms with Gasteiger partial charge in [-0.25, -0.2) is 0 Å². The Morgan fingerprint density at radius 1 is 1.03 bits per heavy atom. The zero-order valence-corrected chi connectivity index (χ0v) is 18.4. The van der Waals surface area contributed by atoms with E-state index in [1.807, 2.05) is 30.3 Å². The highest BCUT2D eigenvalue weighted by molar-refractivity contribution is 7.86. The molecule has 4 rings (SSSR count).